The second-order valence-electron chi connectivity index (χ2n) is 22.8. The maximum absolute atomic E-state index is 16.1. The summed E-state index contributed by atoms with van der Waals surface area (Å²) in [6.45, 7) is 11.6. The van der Waals surface area contributed by atoms with Crippen LogP contribution in [0, 0.1) is 62.6 Å². The summed E-state index contributed by atoms with van der Waals surface area (Å²) >= 11 is 0. The predicted molar refractivity (Wildman–Crippen MR) is 245 cm³/mol. The molecule has 4 fully saturated rings. The molecule has 0 unspecified atom stereocenters. The molecule has 13 atom stereocenters. The summed E-state index contributed by atoms with van der Waals surface area (Å²) in [5, 5.41) is 66.1. The molecule has 0 aliphatic heterocycles. The number of aliphatic hydroxyl groups is 4. The first kappa shape index (κ1) is 42.8. The number of carbonyl (C=O) groups excluding carboxylic acids is 2. The molecular formula is C54H63N3O8. The Balaban J connectivity index is 1.30. The molecular weight excluding hydrogens is 819 g/mol. The van der Waals surface area contributed by atoms with Crippen LogP contribution in [0.4, 0.5) is 0 Å². The van der Waals surface area contributed by atoms with Crippen LogP contribution in [0.15, 0.2) is 110 Å². The Hall–Kier alpha value is -4.84. The van der Waals surface area contributed by atoms with Gasteiger partial charge in [-0.3, -0.25) is 9.59 Å². The number of ketones is 2. The first-order valence-corrected chi connectivity index (χ1v) is 23.8. The Kier molecular flexibility index (Phi) is 8.54. The van der Waals surface area contributed by atoms with E-state index in [-0.39, 0.29) is 42.7 Å². The van der Waals surface area contributed by atoms with Crippen molar-refractivity contribution in [3.05, 3.63) is 111 Å². The van der Waals surface area contributed by atoms with Gasteiger partial charge in [-0.15, -0.1) is 0 Å². The van der Waals surface area contributed by atoms with Crippen LogP contribution in [0.2, 0.25) is 0 Å². The van der Waals surface area contributed by atoms with Crippen molar-refractivity contribution < 1.29 is 39.9 Å². The number of nitrogens with zero attached hydrogens (tertiary/aromatic N) is 1. The lowest BCUT2D eigenvalue weighted by atomic mass is 9.34. The highest BCUT2D eigenvalue weighted by molar-refractivity contribution is 6.02. The predicted octanol–water partition coefficient (Wildman–Crippen LogP) is 6.97. The van der Waals surface area contributed by atoms with Gasteiger partial charge in [0.15, 0.2) is 17.3 Å². The van der Waals surface area contributed by atoms with Crippen molar-refractivity contribution in [2.45, 2.75) is 122 Å². The summed E-state index contributed by atoms with van der Waals surface area (Å²) in [6, 6.07) is 8.97. The number of Topliss-reactive ketones (excluding diaryl/α,β-unsaturated/α-hetero) is 2. The second-order valence-corrected chi connectivity index (χ2v) is 22.8. The maximum atomic E-state index is 16.1. The number of hydrogen-bond donors (Lipinski definition) is 7. The van der Waals surface area contributed by atoms with Crippen molar-refractivity contribution in [1.29, 1.82) is 0 Å². The minimum Gasteiger partial charge on any atom is -0.508 e. The molecule has 9 N–H and O–H groups in total. The van der Waals surface area contributed by atoms with Crippen molar-refractivity contribution in [3.63, 3.8) is 0 Å². The SMILES string of the molecule is C/C(C(=O)O)=C(/O)[C@]1(O)C2=CCC3=C2[C@@H]2[C@@]4(C=C[C@H](N=C(N)N)[C@@H]1[C@H]4C1CCCC1)[C@@]1(C)CC(=O)C4=C5[C@]1(C)[C@]2(O)C(=C[C@@]5(O)[C@H](/C=C/c1ccccc1)[C@@H]1C(C)(C)C(=O)CC[C@]41C)C3. The van der Waals surface area contributed by atoms with E-state index < -0.39 is 96.8 Å². The van der Waals surface area contributed by atoms with Gasteiger partial charge in [-0.2, -0.15) is 0 Å². The van der Waals surface area contributed by atoms with Gasteiger partial charge in [0.1, 0.15) is 22.7 Å². The van der Waals surface area contributed by atoms with Gasteiger partial charge in [0.2, 0.25) is 0 Å². The lowest BCUT2D eigenvalue weighted by Crippen LogP contribution is -2.71. The molecule has 0 heterocycles. The van der Waals surface area contributed by atoms with Gasteiger partial charge in [-0.05, 0) is 83.3 Å². The van der Waals surface area contributed by atoms with E-state index in [2.05, 4.69) is 32.9 Å². The van der Waals surface area contributed by atoms with E-state index in [0.29, 0.717) is 40.7 Å². The Morgan fingerprint density at radius 3 is 2.31 bits per heavy atom. The van der Waals surface area contributed by atoms with Crippen LogP contribution in [0.3, 0.4) is 0 Å². The fourth-order valence-electron chi connectivity index (χ4n) is 17.9. The first-order valence-electron chi connectivity index (χ1n) is 23.8. The number of aliphatic hydroxyl groups excluding tert-OH is 1. The van der Waals surface area contributed by atoms with Gasteiger partial charge in [-0.25, -0.2) is 9.79 Å². The van der Waals surface area contributed by atoms with Crippen LogP contribution >= 0.6 is 0 Å². The van der Waals surface area contributed by atoms with Crippen molar-refractivity contribution in [2.75, 3.05) is 0 Å². The molecule has 4 saturated carbocycles. The largest absolute Gasteiger partial charge is 0.508 e. The van der Waals surface area contributed by atoms with E-state index in [9.17, 15) is 35.1 Å². The van der Waals surface area contributed by atoms with E-state index in [1.54, 1.807) is 0 Å². The number of allylic oxidation sites excluding steroid dienone is 4. The summed E-state index contributed by atoms with van der Waals surface area (Å²) in [6.07, 6.45) is 16.5. The molecule has 2 bridgehead atoms. The third-order valence-corrected chi connectivity index (χ3v) is 20.3. The highest BCUT2D eigenvalue weighted by Gasteiger charge is 2.89. The topological polar surface area (TPSA) is 217 Å². The summed E-state index contributed by atoms with van der Waals surface area (Å²) in [7, 11) is 0. The Bertz CT molecular complexity index is 2680. The van der Waals surface area contributed by atoms with Crippen molar-refractivity contribution in [2.24, 2.45) is 79.0 Å². The molecule has 11 nitrogen and oxygen atoms in total. The van der Waals surface area contributed by atoms with Gasteiger partial charge < -0.3 is 37.0 Å². The van der Waals surface area contributed by atoms with E-state index in [1.807, 2.05) is 68.5 Å². The number of carboxylic acids is 1. The minimum absolute atomic E-state index is 0.00895. The standard InChI is InChI=1S/C54H63N3O8/c1-27(45(61)62)44(60)53(64)32-19-17-30-24-31-25-52(63)33(18-16-28-12-8-7-9-13-28)41-47(2,3)36(59)21-22-48(41,4)40-35(58)26-49(5)50(6,43(40)52)54(31,65)42(37(30)32)51(49)23-20-34(57-46(55)56)39(53)38(51)29-14-10-11-15-29/h7-9,12-13,16,18-20,23,25,29,33-34,38-39,41-42,60,63-65H,10-11,14-15,17,21-22,24,26H2,1-6H3,(H,61,62)(H4,55,56,57)/b18-16+,44-27-/t33-,34+,38-,39-,41-,42-,48-,49+,50+,51+,52-,53+,54+/m1/s1. The van der Waals surface area contributed by atoms with E-state index in [0.717, 1.165) is 36.8 Å². The van der Waals surface area contributed by atoms with Crippen LogP contribution in [0.1, 0.15) is 105 Å². The summed E-state index contributed by atoms with van der Waals surface area (Å²) in [5.41, 5.74) is 5.40. The molecule has 65 heavy (non-hydrogen) atoms. The summed E-state index contributed by atoms with van der Waals surface area (Å²) < 4.78 is 0. The third-order valence-electron chi connectivity index (χ3n) is 20.3. The molecule has 0 aromatic heterocycles. The Morgan fingerprint density at radius 1 is 0.954 bits per heavy atom. The van der Waals surface area contributed by atoms with Crippen LogP contribution < -0.4 is 11.5 Å². The van der Waals surface area contributed by atoms with Gasteiger partial charge in [0, 0.05) is 57.8 Å². The van der Waals surface area contributed by atoms with Crippen LogP contribution in [0.25, 0.3) is 6.08 Å². The zero-order valence-corrected chi connectivity index (χ0v) is 38.3. The Morgan fingerprint density at radius 2 is 1.65 bits per heavy atom. The summed E-state index contributed by atoms with van der Waals surface area (Å²) in [5.74, 6) is -6.00. The van der Waals surface area contributed by atoms with Gasteiger partial charge in [-0.1, -0.05) is 127 Å². The zero-order chi connectivity index (χ0) is 46.4. The lowest BCUT2D eigenvalue weighted by Gasteiger charge is -2.70. The van der Waals surface area contributed by atoms with Crippen molar-refractivity contribution >= 4 is 29.6 Å². The Labute approximate surface area is 380 Å². The molecule has 10 aliphatic carbocycles. The number of rotatable bonds is 6. The zero-order valence-electron chi connectivity index (χ0n) is 38.3. The lowest BCUT2D eigenvalue weighted by molar-refractivity contribution is -0.168. The first-order chi connectivity index (χ1) is 30.5. The molecule has 1 aromatic rings. The quantitative estimate of drug-likeness (QED) is 0.0512. The average molecular weight is 882 g/mol. The molecule has 1 aromatic carbocycles. The molecule has 0 radical (unpaired) electrons. The third kappa shape index (κ3) is 4.59. The molecule has 0 amide bonds. The second kappa shape index (κ2) is 13.0. The smallest absolute Gasteiger partial charge is 0.334 e. The number of hydrogen-bond acceptors (Lipinski definition) is 8. The number of aliphatic carboxylic acids is 1. The molecule has 0 saturated heterocycles. The molecule has 11 heteroatoms. The van der Waals surface area contributed by atoms with E-state index in [1.165, 1.54) is 6.92 Å². The number of carboxylic acid groups (broad SMARTS) is 1. The number of aliphatic imine (C=N–C) groups is 1. The monoisotopic (exact) mass is 881 g/mol. The van der Waals surface area contributed by atoms with Gasteiger partial charge >= 0.3 is 5.97 Å². The van der Waals surface area contributed by atoms with Gasteiger partial charge in [0.25, 0.3) is 0 Å². The molecule has 342 valence electrons. The number of nitrogens with two attached hydrogens (primary N) is 2. The minimum atomic E-state index is -2.31. The highest BCUT2D eigenvalue weighted by atomic mass is 16.4. The molecule has 1 spiro atoms. The van der Waals surface area contributed by atoms with Crippen molar-refractivity contribution in [3.8, 4) is 0 Å². The average Bonchev–Trinajstić information content (AvgIpc) is 3.95. The van der Waals surface area contributed by atoms with Crippen molar-refractivity contribution in [1.82, 2.24) is 0 Å². The number of guanidine groups is 1. The fraction of sp³-hybridized carbons (Fsp3) is 0.556. The summed E-state index contributed by atoms with van der Waals surface area (Å²) in [4.78, 5) is 47.9. The van der Waals surface area contributed by atoms with Crippen LogP contribution in [0.5, 0.6) is 0 Å². The van der Waals surface area contributed by atoms with Crippen LogP contribution in [-0.2, 0) is 14.4 Å². The molecule has 10 aliphatic rings. The fourth-order valence-corrected chi connectivity index (χ4v) is 17.9. The van der Waals surface area contributed by atoms with E-state index >= 15 is 4.79 Å². The number of fused-ring (bicyclic) bond motifs is 3. The normalized spacial score (nSPS) is 45.5. The maximum Gasteiger partial charge on any atom is 0.334 e. The van der Waals surface area contributed by atoms with Gasteiger partial charge in [0.05, 0.1) is 11.6 Å². The molecule has 11 rings (SSSR count). The highest BCUT2D eigenvalue weighted by Crippen LogP contribution is 2.89. The number of carbonyl (C=O) groups is 3. The van der Waals surface area contributed by atoms with Crippen LogP contribution in [-0.4, -0.2) is 71.9 Å². The van der Waals surface area contributed by atoms with E-state index in [4.69, 9.17) is 16.5 Å². The number of benzene rings is 1.